The molecule has 170 valence electrons. The molecule has 4 N–H and O–H groups in total. The van der Waals surface area contributed by atoms with Gasteiger partial charge >= 0.3 is 0 Å². The van der Waals surface area contributed by atoms with Crippen LogP contribution in [0.3, 0.4) is 0 Å². The van der Waals surface area contributed by atoms with Crippen LogP contribution in [-0.2, 0) is 31.3 Å². The highest BCUT2D eigenvalue weighted by molar-refractivity contribution is 6.32. The van der Waals surface area contributed by atoms with Crippen molar-refractivity contribution in [3.63, 3.8) is 0 Å². The molecule has 3 aliphatic heterocycles. The Morgan fingerprint density at radius 3 is 2.52 bits per heavy atom. The van der Waals surface area contributed by atoms with E-state index in [0.717, 1.165) is 4.90 Å². The van der Waals surface area contributed by atoms with Crippen LogP contribution in [-0.4, -0.2) is 34.6 Å². The number of anilines is 1. The van der Waals surface area contributed by atoms with Crippen LogP contribution in [0.1, 0.15) is 23.1 Å². The summed E-state index contributed by atoms with van der Waals surface area (Å²) in [5.74, 6) is -4.05. The number of nitrogens with one attached hydrogen (secondary N) is 2. The van der Waals surface area contributed by atoms with Gasteiger partial charge in [-0.15, -0.1) is 0 Å². The first kappa shape index (κ1) is 21.9. The Bertz CT molecular complexity index is 1250. The fourth-order valence-electron chi connectivity index (χ4n) is 5.39. The van der Waals surface area contributed by atoms with E-state index in [1.165, 1.54) is 0 Å². The summed E-state index contributed by atoms with van der Waals surface area (Å²) in [5.41, 5.74) is 6.22. The van der Waals surface area contributed by atoms with Gasteiger partial charge in [0.25, 0.3) is 0 Å². The van der Waals surface area contributed by atoms with E-state index in [1.807, 2.05) is 0 Å². The number of benzene rings is 2. The molecule has 2 unspecified atom stereocenters. The number of carbonyl (C=O) groups excluding carboxylic acids is 4. The van der Waals surface area contributed by atoms with Gasteiger partial charge in [-0.2, -0.15) is 0 Å². The highest BCUT2D eigenvalue weighted by Gasteiger charge is 2.70. The minimum Gasteiger partial charge on any atom is -0.370 e. The van der Waals surface area contributed by atoms with E-state index in [0.29, 0.717) is 32.4 Å². The van der Waals surface area contributed by atoms with Crippen molar-refractivity contribution in [2.24, 2.45) is 17.6 Å². The van der Waals surface area contributed by atoms with E-state index in [-0.39, 0.29) is 13.0 Å². The molecule has 3 aliphatic rings. The monoisotopic (exact) mass is 486 g/mol. The zero-order chi connectivity index (χ0) is 23.7. The third-order valence-electron chi connectivity index (χ3n) is 6.88. The Labute approximate surface area is 199 Å². The lowest BCUT2D eigenvalue weighted by atomic mass is 9.76. The molecule has 10 heteroatoms. The molecule has 0 aliphatic carbocycles. The maximum Gasteiger partial charge on any atom is 0.250 e. The van der Waals surface area contributed by atoms with E-state index < -0.39 is 47.0 Å². The number of halogens is 2. The lowest BCUT2D eigenvalue weighted by molar-refractivity contribution is -0.143. The molecule has 4 amide bonds. The minimum absolute atomic E-state index is 0.0299. The lowest BCUT2D eigenvalue weighted by Gasteiger charge is -2.29. The van der Waals surface area contributed by atoms with E-state index >= 15 is 0 Å². The first-order valence-electron chi connectivity index (χ1n) is 10.4. The third-order valence-corrected chi connectivity index (χ3v) is 7.66. The Morgan fingerprint density at radius 1 is 1.09 bits per heavy atom. The van der Waals surface area contributed by atoms with Gasteiger partial charge in [0.15, 0.2) is 0 Å². The maximum absolute atomic E-state index is 13.7. The van der Waals surface area contributed by atoms with Crippen LogP contribution in [0.25, 0.3) is 0 Å². The molecule has 5 rings (SSSR count). The van der Waals surface area contributed by atoms with Gasteiger partial charge in [-0.1, -0.05) is 47.5 Å². The van der Waals surface area contributed by atoms with Crippen molar-refractivity contribution in [3.05, 3.63) is 63.1 Å². The van der Waals surface area contributed by atoms with Crippen LogP contribution in [0.15, 0.2) is 36.4 Å². The van der Waals surface area contributed by atoms with Gasteiger partial charge in [-0.05, 0) is 30.2 Å². The number of hydrogen-bond donors (Lipinski definition) is 3. The van der Waals surface area contributed by atoms with Crippen LogP contribution in [0.5, 0.6) is 0 Å². The molecule has 0 aromatic heterocycles. The number of rotatable bonds is 4. The molecule has 4 atom stereocenters. The van der Waals surface area contributed by atoms with Crippen LogP contribution in [0.2, 0.25) is 10.0 Å². The van der Waals surface area contributed by atoms with Crippen LogP contribution in [0.4, 0.5) is 5.69 Å². The smallest absolute Gasteiger partial charge is 0.250 e. The number of amides is 4. The maximum atomic E-state index is 13.7. The largest absolute Gasteiger partial charge is 0.370 e. The fraction of sp³-hybridized carbons (Fsp3) is 0.304. The predicted molar refractivity (Wildman–Crippen MR) is 121 cm³/mol. The van der Waals surface area contributed by atoms with Crippen molar-refractivity contribution in [1.29, 1.82) is 0 Å². The van der Waals surface area contributed by atoms with Crippen molar-refractivity contribution in [1.82, 2.24) is 10.2 Å². The predicted octanol–water partition coefficient (Wildman–Crippen LogP) is 2.10. The molecule has 2 aromatic rings. The highest BCUT2D eigenvalue weighted by Crippen LogP contribution is 2.54. The van der Waals surface area contributed by atoms with Crippen molar-refractivity contribution in [2.75, 3.05) is 5.32 Å². The van der Waals surface area contributed by atoms with Crippen molar-refractivity contribution >= 4 is 52.5 Å². The van der Waals surface area contributed by atoms with Gasteiger partial charge in [0, 0.05) is 28.1 Å². The Morgan fingerprint density at radius 2 is 1.82 bits per heavy atom. The molecule has 8 nitrogen and oxygen atoms in total. The number of hydrogen-bond acceptors (Lipinski definition) is 5. The van der Waals surface area contributed by atoms with Gasteiger partial charge in [0.05, 0.1) is 24.1 Å². The van der Waals surface area contributed by atoms with Crippen molar-refractivity contribution in [3.8, 4) is 0 Å². The average molecular weight is 487 g/mol. The zero-order valence-electron chi connectivity index (χ0n) is 17.5. The highest BCUT2D eigenvalue weighted by atomic mass is 35.5. The Kier molecular flexibility index (Phi) is 5.00. The van der Waals surface area contributed by atoms with Crippen LogP contribution >= 0.6 is 23.2 Å². The number of likely N-dealkylation sites (tertiary alicyclic amines) is 1. The minimum atomic E-state index is -1.52. The van der Waals surface area contributed by atoms with Crippen LogP contribution in [0, 0.1) is 18.8 Å². The second-order valence-electron chi connectivity index (χ2n) is 8.64. The standard InChI is InChI=1S/C23H20Cl2N4O4/c1-10-13(24)7-6-12-19(10)27-22(33)23(12)18-17(15(28-23)8-16(26)30)20(31)29(21(18)32)9-11-4-2-3-5-14(11)25/h2-7,15,17-18,28H,8-9H2,1H3,(H2,26,30)(H,27,33)/t15?,17-,18+,23?/m1/s1. The summed E-state index contributed by atoms with van der Waals surface area (Å²) in [7, 11) is 0. The number of primary amides is 1. The average Bonchev–Trinajstić information content (AvgIpc) is 3.33. The van der Waals surface area contributed by atoms with E-state index in [1.54, 1.807) is 43.3 Å². The molecule has 0 saturated carbocycles. The molecule has 33 heavy (non-hydrogen) atoms. The summed E-state index contributed by atoms with van der Waals surface area (Å²) in [5, 5.41) is 6.87. The Hall–Kier alpha value is -2.94. The molecular weight excluding hydrogens is 467 g/mol. The SMILES string of the molecule is Cc1c(Cl)ccc2c1NC(=O)C21NC(CC(N)=O)[C@H]2C(=O)N(Cc3ccccc3Cl)C(=O)[C@H]21. The summed E-state index contributed by atoms with van der Waals surface area (Å²) in [6.45, 7) is 1.73. The second-order valence-corrected chi connectivity index (χ2v) is 9.45. The molecule has 2 saturated heterocycles. The topological polar surface area (TPSA) is 122 Å². The third kappa shape index (κ3) is 3.01. The summed E-state index contributed by atoms with van der Waals surface area (Å²) in [6, 6.07) is 9.46. The van der Waals surface area contributed by atoms with Gasteiger partial charge in [0.2, 0.25) is 23.6 Å². The van der Waals surface area contributed by atoms with E-state index in [2.05, 4.69) is 10.6 Å². The molecular formula is C23H20Cl2N4O4. The number of nitrogens with two attached hydrogens (primary N) is 1. The second kappa shape index (κ2) is 7.55. The van der Waals surface area contributed by atoms with E-state index in [4.69, 9.17) is 28.9 Å². The van der Waals surface area contributed by atoms with Crippen molar-refractivity contribution in [2.45, 2.75) is 31.5 Å². The molecule has 2 aromatic carbocycles. The molecule has 1 spiro atoms. The van der Waals surface area contributed by atoms with Gasteiger partial charge in [-0.3, -0.25) is 29.4 Å². The number of imide groups is 1. The van der Waals surface area contributed by atoms with Crippen molar-refractivity contribution < 1.29 is 19.2 Å². The Balaban J connectivity index is 1.63. The number of fused-ring (bicyclic) bond motifs is 4. The first-order chi connectivity index (χ1) is 15.7. The van der Waals surface area contributed by atoms with Gasteiger partial charge < -0.3 is 11.1 Å². The fourth-order valence-corrected chi connectivity index (χ4v) is 5.75. The summed E-state index contributed by atoms with van der Waals surface area (Å²) >= 11 is 12.5. The lowest BCUT2D eigenvalue weighted by Crippen LogP contribution is -2.53. The molecule has 3 heterocycles. The van der Waals surface area contributed by atoms with Gasteiger partial charge in [-0.25, -0.2) is 0 Å². The van der Waals surface area contributed by atoms with Crippen LogP contribution < -0.4 is 16.4 Å². The zero-order valence-corrected chi connectivity index (χ0v) is 19.0. The molecule has 0 radical (unpaired) electrons. The normalized spacial score (nSPS) is 27.8. The number of carbonyl (C=O) groups is 4. The first-order valence-corrected chi connectivity index (χ1v) is 11.2. The molecule has 0 bridgehead atoms. The summed E-state index contributed by atoms with van der Waals surface area (Å²) in [6.07, 6.45) is -0.197. The molecule has 2 fully saturated rings. The van der Waals surface area contributed by atoms with E-state index in [9.17, 15) is 19.2 Å². The number of nitrogens with zero attached hydrogens (tertiary/aromatic N) is 1. The van der Waals surface area contributed by atoms with Gasteiger partial charge in [0.1, 0.15) is 5.54 Å². The summed E-state index contributed by atoms with van der Waals surface area (Å²) in [4.78, 5) is 53.6. The quantitative estimate of drug-likeness (QED) is 0.571. The summed E-state index contributed by atoms with van der Waals surface area (Å²) < 4.78 is 0.